The predicted octanol–water partition coefficient (Wildman–Crippen LogP) is 0.149. The maximum absolute atomic E-state index is 11.4. The first kappa shape index (κ1) is 12.5. The average Bonchev–Trinajstić information content (AvgIpc) is 2.26. The Morgan fingerprint density at radius 3 is 2.47 bits per heavy atom. The smallest absolute Gasteiger partial charge is 0.236 e. The van der Waals surface area contributed by atoms with E-state index in [1.54, 1.807) is 19.0 Å². The van der Waals surface area contributed by atoms with Crippen LogP contribution in [0.2, 0.25) is 0 Å². The number of nitrogens with zero attached hydrogens (tertiary/aromatic N) is 2. The van der Waals surface area contributed by atoms with Crippen LogP contribution in [0.15, 0.2) is 0 Å². The minimum absolute atomic E-state index is 0.160. The van der Waals surface area contributed by atoms with E-state index >= 15 is 0 Å². The van der Waals surface area contributed by atoms with Gasteiger partial charge in [0, 0.05) is 20.1 Å². The Labute approximate surface area is 92.6 Å². The van der Waals surface area contributed by atoms with Gasteiger partial charge in [0.05, 0.1) is 6.54 Å². The third-order valence-corrected chi connectivity index (χ3v) is 3.08. The molecule has 1 amide bonds. The van der Waals surface area contributed by atoms with Gasteiger partial charge in [-0.15, -0.1) is 0 Å². The Balaban J connectivity index is 2.16. The molecule has 0 atom stereocenters. The van der Waals surface area contributed by atoms with E-state index < -0.39 is 0 Å². The van der Waals surface area contributed by atoms with Gasteiger partial charge in [-0.25, -0.2) is 0 Å². The lowest BCUT2D eigenvalue weighted by atomic mass is 10.1. The second-order valence-electron chi connectivity index (χ2n) is 4.38. The van der Waals surface area contributed by atoms with Gasteiger partial charge in [-0.3, -0.25) is 4.79 Å². The van der Waals surface area contributed by atoms with Crippen LogP contribution >= 0.6 is 0 Å². The predicted molar refractivity (Wildman–Crippen MR) is 61.8 cm³/mol. The van der Waals surface area contributed by atoms with Crippen LogP contribution in [-0.4, -0.2) is 62.0 Å². The zero-order valence-electron chi connectivity index (χ0n) is 10.1. The summed E-state index contributed by atoms with van der Waals surface area (Å²) in [5, 5.41) is 3.33. The van der Waals surface area contributed by atoms with Crippen LogP contribution in [0.1, 0.15) is 19.8 Å². The minimum Gasteiger partial charge on any atom is -0.348 e. The lowest BCUT2D eigenvalue weighted by molar-refractivity contribution is -0.127. The second kappa shape index (κ2) is 6.08. The molecular weight excluding hydrogens is 190 g/mol. The minimum atomic E-state index is 0.160. The van der Waals surface area contributed by atoms with Crippen LogP contribution in [0.5, 0.6) is 0 Å². The highest BCUT2D eigenvalue weighted by molar-refractivity contribution is 5.77. The Morgan fingerprint density at radius 2 is 2.00 bits per heavy atom. The number of likely N-dealkylation sites (tertiary alicyclic amines) is 1. The molecular formula is C11H23N3O. The number of piperidine rings is 1. The first-order valence-corrected chi connectivity index (χ1v) is 5.79. The molecule has 0 saturated carbocycles. The normalized spacial score (nSPS) is 19.1. The van der Waals surface area contributed by atoms with Gasteiger partial charge in [0.2, 0.25) is 5.91 Å². The summed E-state index contributed by atoms with van der Waals surface area (Å²) >= 11 is 0. The first-order valence-electron chi connectivity index (χ1n) is 5.79. The number of hydrogen-bond donors (Lipinski definition) is 1. The van der Waals surface area contributed by atoms with E-state index in [0.29, 0.717) is 12.6 Å². The third kappa shape index (κ3) is 4.18. The van der Waals surface area contributed by atoms with Crippen molar-refractivity contribution in [1.82, 2.24) is 15.1 Å². The quantitative estimate of drug-likeness (QED) is 0.722. The molecule has 4 heteroatoms. The van der Waals surface area contributed by atoms with Gasteiger partial charge in [-0.05, 0) is 32.5 Å². The van der Waals surface area contributed by atoms with E-state index in [1.165, 1.54) is 0 Å². The fourth-order valence-corrected chi connectivity index (χ4v) is 1.84. The molecule has 1 N–H and O–H groups in total. The monoisotopic (exact) mass is 213 g/mol. The number of rotatable bonds is 4. The summed E-state index contributed by atoms with van der Waals surface area (Å²) in [6, 6.07) is 0.525. The Morgan fingerprint density at radius 1 is 1.40 bits per heavy atom. The van der Waals surface area contributed by atoms with Gasteiger partial charge in [0.1, 0.15) is 0 Å². The third-order valence-electron chi connectivity index (χ3n) is 3.08. The summed E-state index contributed by atoms with van der Waals surface area (Å²) in [6.07, 6.45) is 2.32. The van der Waals surface area contributed by atoms with E-state index in [4.69, 9.17) is 0 Å². The van der Waals surface area contributed by atoms with Gasteiger partial charge in [0.15, 0.2) is 0 Å². The second-order valence-corrected chi connectivity index (χ2v) is 4.38. The van der Waals surface area contributed by atoms with Crippen molar-refractivity contribution in [3.8, 4) is 0 Å². The van der Waals surface area contributed by atoms with Gasteiger partial charge < -0.3 is 15.1 Å². The summed E-state index contributed by atoms with van der Waals surface area (Å²) in [5.74, 6) is 0.160. The summed E-state index contributed by atoms with van der Waals surface area (Å²) in [4.78, 5) is 15.4. The van der Waals surface area contributed by atoms with Crippen LogP contribution in [0.3, 0.4) is 0 Å². The largest absolute Gasteiger partial charge is 0.348 e. The number of carbonyl (C=O) groups is 1. The molecule has 0 radical (unpaired) electrons. The Kier molecular flexibility index (Phi) is 5.05. The molecule has 0 aromatic heterocycles. The lowest BCUT2D eigenvalue weighted by Crippen LogP contribution is -2.45. The van der Waals surface area contributed by atoms with E-state index in [9.17, 15) is 4.79 Å². The molecule has 1 aliphatic heterocycles. The fourth-order valence-electron chi connectivity index (χ4n) is 1.84. The van der Waals surface area contributed by atoms with E-state index in [0.717, 1.165) is 32.5 Å². The molecule has 4 nitrogen and oxygen atoms in total. The van der Waals surface area contributed by atoms with Crippen molar-refractivity contribution < 1.29 is 4.79 Å². The Hall–Kier alpha value is -0.610. The number of carbonyl (C=O) groups excluding carboxylic acids is 1. The van der Waals surface area contributed by atoms with Crippen molar-refractivity contribution in [2.24, 2.45) is 0 Å². The van der Waals surface area contributed by atoms with Gasteiger partial charge >= 0.3 is 0 Å². The van der Waals surface area contributed by atoms with Crippen LogP contribution in [-0.2, 0) is 4.79 Å². The van der Waals surface area contributed by atoms with Crippen LogP contribution in [0, 0.1) is 0 Å². The average molecular weight is 213 g/mol. The molecule has 1 rings (SSSR count). The van der Waals surface area contributed by atoms with Crippen molar-refractivity contribution >= 4 is 5.91 Å². The number of amides is 1. The number of nitrogens with one attached hydrogen (secondary N) is 1. The Bertz CT molecular complexity index is 198. The zero-order valence-corrected chi connectivity index (χ0v) is 10.1. The molecule has 0 aliphatic carbocycles. The van der Waals surface area contributed by atoms with Crippen molar-refractivity contribution in [2.75, 3.05) is 40.3 Å². The fraction of sp³-hybridized carbons (Fsp3) is 0.909. The van der Waals surface area contributed by atoms with Crippen molar-refractivity contribution in [3.05, 3.63) is 0 Å². The topological polar surface area (TPSA) is 35.6 Å². The van der Waals surface area contributed by atoms with Gasteiger partial charge in [0.25, 0.3) is 0 Å². The zero-order chi connectivity index (χ0) is 11.3. The van der Waals surface area contributed by atoms with E-state index in [2.05, 4.69) is 17.1 Å². The van der Waals surface area contributed by atoms with Crippen molar-refractivity contribution in [2.45, 2.75) is 25.8 Å². The molecule has 0 spiro atoms. The highest BCUT2D eigenvalue weighted by Gasteiger charge is 2.18. The maximum atomic E-state index is 11.4. The van der Waals surface area contributed by atoms with E-state index in [-0.39, 0.29) is 5.91 Å². The van der Waals surface area contributed by atoms with Crippen LogP contribution in [0.25, 0.3) is 0 Å². The summed E-state index contributed by atoms with van der Waals surface area (Å²) in [5.41, 5.74) is 0. The maximum Gasteiger partial charge on any atom is 0.236 e. The number of likely N-dealkylation sites (N-methyl/N-ethyl adjacent to an activating group) is 1. The molecule has 0 aromatic rings. The SMILES string of the molecule is CCN1CCC(NCC(=O)N(C)C)CC1. The summed E-state index contributed by atoms with van der Waals surface area (Å²) < 4.78 is 0. The molecule has 0 unspecified atom stereocenters. The molecule has 15 heavy (non-hydrogen) atoms. The molecule has 0 aromatic carbocycles. The summed E-state index contributed by atoms with van der Waals surface area (Å²) in [6.45, 7) is 6.13. The molecule has 1 saturated heterocycles. The molecule has 1 aliphatic rings. The van der Waals surface area contributed by atoms with Crippen molar-refractivity contribution in [3.63, 3.8) is 0 Å². The molecule has 1 heterocycles. The molecule has 0 bridgehead atoms. The molecule has 1 fully saturated rings. The van der Waals surface area contributed by atoms with Crippen LogP contribution < -0.4 is 5.32 Å². The first-order chi connectivity index (χ1) is 7.13. The van der Waals surface area contributed by atoms with Gasteiger partial charge in [-0.1, -0.05) is 6.92 Å². The van der Waals surface area contributed by atoms with Crippen molar-refractivity contribution in [1.29, 1.82) is 0 Å². The number of hydrogen-bond acceptors (Lipinski definition) is 3. The highest BCUT2D eigenvalue weighted by atomic mass is 16.2. The lowest BCUT2D eigenvalue weighted by Gasteiger charge is -2.31. The van der Waals surface area contributed by atoms with Gasteiger partial charge in [-0.2, -0.15) is 0 Å². The summed E-state index contributed by atoms with van der Waals surface area (Å²) in [7, 11) is 3.59. The highest BCUT2D eigenvalue weighted by Crippen LogP contribution is 2.09. The van der Waals surface area contributed by atoms with Crippen LogP contribution in [0.4, 0.5) is 0 Å². The molecule has 88 valence electrons. The standard InChI is InChI=1S/C11H23N3O/c1-4-14-7-5-10(6-8-14)12-9-11(15)13(2)3/h10,12H,4-9H2,1-3H3. The van der Waals surface area contributed by atoms with E-state index in [1.807, 2.05) is 0 Å².